The maximum Gasteiger partial charge on any atom is 0.116 e. The van der Waals surface area contributed by atoms with Crippen molar-refractivity contribution >= 4 is 33.1 Å². The van der Waals surface area contributed by atoms with Gasteiger partial charge in [-0.15, -0.1) is 0 Å². The topological polar surface area (TPSA) is 86.4 Å². The number of nitrogens with zero attached hydrogens (tertiary/aromatic N) is 5. The van der Waals surface area contributed by atoms with E-state index >= 15 is 0 Å². The number of hydrogen-bond donors (Lipinski definition) is 2. The highest BCUT2D eigenvalue weighted by Crippen LogP contribution is 2.34. The third-order valence-corrected chi connectivity index (χ3v) is 6.35. The smallest absolute Gasteiger partial charge is 0.116 e. The number of hydrogen-bond acceptors (Lipinski definition) is 6. The van der Waals surface area contributed by atoms with Crippen LogP contribution in [0.1, 0.15) is 5.56 Å². The molecule has 0 aliphatic carbocycles. The molecule has 0 aliphatic rings. The molecule has 7 nitrogen and oxygen atoms in total. The van der Waals surface area contributed by atoms with Crippen LogP contribution in [0.2, 0.25) is 0 Å². The van der Waals surface area contributed by atoms with Crippen molar-refractivity contribution in [2.24, 2.45) is 0 Å². The second-order valence-corrected chi connectivity index (χ2v) is 9.13. The number of H-pyrrole nitrogens is 2. The van der Waals surface area contributed by atoms with Crippen LogP contribution in [0.15, 0.2) is 66.0 Å². The molecule has 6 heterocycles. The summed E-state index contributed by atoms with van der Waals surface area (Å²) in [7, 11) is 4.10. The summed E-state index contributed by atoms with van der Waals surface area (Å²) < 4.78 is 0. The number of nitrogens with one attached hydrogen (secondary N) is 2. The van der Waals surface area contributed by atoms with Gasteiger partial charge >= 0.3 is 0 Å². The van der Waals surface area contributed by atoms with Crippen molar-refractivity contribution in [1.29, 1.82) is 0 Å². The molecule has 0 aromatic carbocycles. The van der Waals surface area contributed by atoms with Crippen molar-refractivity contribution in [2.45, 2.75) is 6.54 Å². The van der Waals surface area contributed by atoms with Gasteiger partial charge in [-0.1, -0.05) is 0 Å². The summed E-state index contributed by atoms with van der Waals surface area (Å²) in [6.07, 6.45) is 9.36. The second kappa shape index (κ2) is 7.91. The van der Waals surface area contributed by atoms with Crippen molar-refractivity contribution in [1.82, 2.24) is 35.0 Å². The lowest BCUT2D eigenvalue weighted by molar-refractivity contribution is 0.402. The van der Waals surface area contributed by atoms with Gasteiger partial charge in [0.25, 0.3) is 0 Å². The predicted octanol–water partition coefficient (Wildman–Crippen LogP) is 5.35. The molecule has 33 heavy (non-hydrogen) atoms. The molecule has 0 radical (unpaired) electrons. The average molecular weight is 452 g/mol. The molecule has 0 atom stereocenters. The standard InChI is InChI=1S/C25H21N7S/c1-32(2)13-15-5-17(9-26-8-15)21-7-19-24(12-28-21)30-31-25(19)22-6-18-20(16-3-4-33-14-16)10-27-11-23(18)29-22/h3-12,14,29H,13H2,1-2H3,(H,30,31). The van der Waals surface area contributed by atoms with Gasteiger partial charge in [0.15, 0.2) is 0 Å². The van der Waals surface area contributed by atoms with Crippen LogP contribution in [-0.4, -0.2) is 49.1 Å². The minimum atomic E-state index is 0.829. The first-order valence-corrected chi connectivity index (χ1v) is 11.5. The minimum Gasteiger partial charge on any atom is -0.352 e. The minimum absolute atomic E-state index is 0.829. The number of rotatable bonds is 5. The summed E-state index contributed by atoms with van der Waals surface area (Å²) in [5, 5.41) is 14.1. The lowest BCUT2D eigenvalue weighted by Gasteiger charge is -2.10. The van der Waals surface area contributed by atoms with Gasteiger partial charge in [0.2, 0.25) is 0 Å². The average Bonchev–Trinajstić information content (AvgIpc) is 3.57. The molecule has 0 fully saturated rings. The molecule has 0 amide bonds. The SMILES string of the molecule is CN(C)Cc1cncc(-c2cc3c(-c4cc5c(-c6ccsc6)cncc5[nH]4)n[nH]c3cn2)c1. The van der Waals surface area contributed by atoms with Crippen LogP contribution in [0, 0.1) is 0 Å². The summed E-state index contributed by atoms with van der Waals surface area (Å²) in [5.41, 5.74) is 8.97. The van der Waals surface area contributed by atoms with E-state index in [1.807, 2.05) is 45.1 Å². The van der Waals surface area contributed by atoms with Crippen LogP contribution in [0.4, 0.5) is 0 Å². The monoisotopic (exact) mass is 451 g/mol. The van der Waals surface area contributed by atoms with Gasteiger partial charge in [-0.25, -0.2) is 0 Å². The van der Waals surface area contributed by atoms with Gasteiger partial charge < -0.3 is 9.88 Å². The molecule has 0 saturated carbocycles. The van der Waals surface area contributed by atoms with Gasteiger partial charge in [-0.2, -0.15) is 16.4 Å². The second-order valence-electron chi connectivity index (χ2n) is 8.35. The van der Waals surface area contributed by atoms with Gasteiger partial charge in [0.1, 0.15) is 5.69 Å². The zero-order valence-electron chi connectivity index (χ0n) is 18.2. The van der Waals surface area contributed by atoms with Crippen molar-refractivity contribution in [3.63, 3.8) is 0 Å². The molecule has 2 N–H and O–H groups in total. The first-order valence-electron chi connectivity index (χ1n) is 10.6. The number of aromatic amines is 2. The quantitative estimate of drug-likeness (QED) is 0.369. The molecule has 0 saturated heterocycles. The number of pyridine rings is 3. The molecule has 6 aromatic heterocycles. The molecule has 8 heteroatoms. The van der Waals surface area contributed by atoms with Crippen molar-refractivity contribution in [3.8, 4) is 33.8 Å². The van der Waals surface area contributed by atoms with E-state index in [1.54, 1.807) is 11.3 Å². The summed E-state index contributed by atoms with van der Waals surface area (Å²) in [5.74, 6) is 0. The fourth-order valence-electron chi connectivity index (χ4n) is 4.19. The normalized spacial score (nSPS) is 11.7. The lowest BCUT2D eigenvalue weighted by atomic mass is 10.1. The van der Waals surface area contributed by atoms with Crippen LogP contribution in [0.5, 0.6) is 0 Å². The van der Waals surface area contributed by atoms with E-state index in [0.29, 0.717) is 0 Å². The highest BCUT2D eigenvalue weighted by molar-refractivity contribution is 7.08. The van der Waals surface area contributed by atoms with Gasteiger partial charge in [0, 0.05) is 47.0 Å². The molecule has 0 spiro atoms. The molecule has 162 valence electrons. The van der Waals surface area contributed by atoms with Crippen molar-refractivity contribution in [2.75, 3.05) is 14.1 Å². The van der Waals surface area contributed by atoms with E-state index in [9.17, 15) is 0 Å². The van der Waals surface area contributed by atoms with Crippen molar-refractivity contribution in [3.05, 3.63) is 71.6 Å². The lowest BCUT2D eigenvalue weighted by Crippen LogP contribution is -2.10. The van der Waals surface area contributed by atoms with Crippen molar-refractivity contribution < 1.29 is 0 Å². The Morgan fingerprint density at radius 1 is 0.909 bits per heavy atom. The Hall–Kier alpha value is -3.88. The third-order valence-electron chi connectivity index (χ3n) is 5.67. The van der Waals surface area contributed by atoms with Crippen LogP contribution >= 0.6 is 11.3 Å². The first-order chi connectivity index (χ1) is 16.2. The fraction of sp³-hybridized carbons (Fsp3) is 0.120. The van der Waals surface area contributed by atoms with Crippen LogP contribution in [0.3, 0.4) is 0 Å². The van der Waals surface area contributed by atoms with E-state index < -0.39 is 0 Å². The molecule has 6 aromatic rings. The molecule has 0 unspecified atom stereocenters. The number of aromatic nitrogens is 6. The van der Waals surface area contributed by atoms with Gasteiger partial charge in [0.05, 0.1) is 34.8 Å². The number of thiophene rings is 1. The van der Waals surface area contributed by atoms with Crippen LogP contribution < -0.4 is 0 Å². The largest absolute Gasteiger partial charge is 0.352 e. The highest BCUT2D eigenvalue weighted by atomic mass is 32.1. The van der Waals surface area contributed by atoms with E-state index in [4.69, 9.17) is 0 Å². The Bertz CT molecular complexity index is 1580. The van der Waals surface area contributed by atoms with E-state index in [0.717, 1.165) is 62.1 Å². The van der Waals surface area contributed by atoms with Gasteiger partial charge in [-0.05, 0) is 60.2 Å². The van der Waals surface area contributed by atoms with Crippen LogP contribution in [0.25, 0.3) is 55.6 Å². The maximum absolute atomic E-state index is 4.65. The first kappa shape index (κ1) is 19.8. The van der Waals surface area contributed by atoms with E-state index in [2.05, 4.69) is 70.1 Å². The molecular weight excluding hydrogens is 430 g/mol. The number of fused-ring (bicyclic) bond motifs is 2. The van der Waals surface area contributed by atoms with E-state index in [-0.39, 0.29) is 0 Å². The summed E-state index contributed by atoms with van der Waals surface area (Å²) in [4.78, 5) is 19.1. The van der Waals surface area contributed by atoms with Gasteiger partial charge in [-0.3, -0.25) is 20.1 Å². The maximum atomic E-state index is 4.65. The Morgan fingerprint density at radius 3 is 2.67 bits per heavy atom. The Balaban J connectivity index is 1.45. The summed E-state index contributed by atoms with van der Waals surface area (Å²) >= 11 is 1.68. The highest BCUT2D eigenvalue weighted by Gasteiger charge is 2.15. The van der Waals surface area contributed by atoms with E-state index in [1.165, 1.54) is 5.56 Å². The zero-order chi connectivity index (χ0) is 22.4. The Morgan fingerprint density at radius 2 is 1.82 bits per heavy atom. The molecule has 6 rings (SSSR count). The molecule has 0 aliphatic heterocycles. The van der Waals surface area contributed by atoms with Crippen LogP contribution in [-0.2, 0) is 6.54 Å². The summed E-state index contributed by atoms with van der Waals surface area (Å²) in [6.45, 7) is 0.829. The predicted molar refractivity (Wildman–Crippen MR) is 133 cm³/mol. The Kier molecular flexibility index (Phi) is 4.74. The summed E-state index contributed by atoms with van der Waals surface area (Å²) in [6, 6.07) is 8.49. The zero-order valence-corrected chi connectivity index (χ0v) is 19.0. The Labute approximate surface area is 194 Å². The molecule has 0 bridgehead atoms. The third kappa shape index (κ3) is 3.59. The fourth-order valence-corrected chi connectivity index (χ4v) is 4.84. The molecular formula is C25H21N7S.